The molecule has 2 aromatic carbocycles. The van der Waals surface area contributed by atoms with Gasteiger partial charge < -0.3 is 19.7 Å². The average molecular weight is 392 g/mol. The van der Waals surface area contributed by atoms with Crippen molar-refractivity contribution < 1.29 is 14.3 Å². The number of aryl methyl sites for hydroxylation is 1. The Kier molecular flexibility index (Phi) is 4.56. The lowest BCUT2D eigenvalue weighted by atomic mass is 9.74. The van der Waals surface area contributed by atoms with Crippen LogP contribution in [0, 0.1) is 6.92 Å². The average Bonchev–Trinajstić information content (AvgIpc) is 2.90. The van der Waals surface area contributed by atoms with Gasteiger partial charge in [-0.2, -0.15) is 0 Å². The summed E-state index contributed by atoms with van der Waals surface area (Å²) >= 11 is 0. The SMILES string of the molecule is COc1ccc(C=C[C@@]23NC(=O)CCN2c2ccc(C)cc2C3(C)C)c(OC)c1. The van der Waals surface area contributed by atoms with Crippen LogP contribution < -0.4 is 19.7 Å². The van der Waals surface area contributed by atoms with Crippen LogP contribution in [0.25, 0.3) is 6.08 Å². The van der Waals surface area contributed by atoms with Gasteiger partial charge in [-0.05, 0) is 36.8 Å². The van der Waals surface area contributed by atoms with Crippen LogP contribution in [0.5, 0.6) is 11.5 Å². The quantitative estimate of drug-likeness (QED) is 0.853. The first-order valence-corrected chi connectivity index (χ1v) is 9.93. The Balaban J connectivity index is 1.83. The standard InChI is InChI=1S/C24H28N2O3/c1-16-6-9-20-19(14-16)23(2,3)24(25-22(27)11-13-26(20)24)12-10-17-7-8-18(28-4)15-21(17)29-5/h6-10,12,14-15H,11,13H2,1-5H3,(H,25,27)/t24-/m1/s1. The summed E-state index contributed by atoms with van der Waals surface area (Å²) in [6.45, 7) is 7.20. The van der Waals surface area contributed by atoms with Crippen LogP contribution in [0.4, 0.5) is 5.69 Å². The molecule has 5 nitrogen and oxygen atoms in total. The van der Waals surface area contributed by atoms with Crippen LogP contribution in [-0.2, 0) is 10.2 Å². The number of hydrogen-bond donors (Lipinski definition) is 1. The zero-order chi connectivity index (χ0) is 20.8. The van der Waals surface area contributed by atoms with Gasteiger partial charge in [-0.1, -0.05) is 37.6 Å². The van der Waals surface area contributed by atoms with E-state index in [0.717, 1.165) is 17.1 Å². The van der Waals surface area contributed by atoms with Crippen molar-refractivity contribution in [2.24, 2.45) is 0 Å². The summed E-state index contributed by atoms with van der Waals surface area (Å²) in [4.78, 5) is 14.9. The summed E-state index contributed by atoms with van der Waals surface area (Å²) in [7, 11) is 3.29. The molecule has 1 N–H and O–H groups in total. The normalized spacial score (nSPS) is 22.2. The van der Waals surface area contributed by atoms with Crippen LogP contribution >= 0.6 is 0 Å². The molecular weight excluding hydrogens is 364 g/mol. The molecule has 1 fully saturated rings. The number of carbonyl (C=O) groups is 1. The molecule has 2 heterocycles. The highest BCUT2D eigenvalue weighted by atomic mass is 16.5. The Morgan fingerprint density at radius 1 is 1.10 bits per heavy atom. The van der Waals surface area contributed by atoms with Crippen molar-refractivity contribution in [1.82, 2.24) is 5.32 Å². The molecule has 0 aliphatic carbocycles. The Morgan fingerprint density at radius 2 is 1.90 bits per heavy atom. The van der Waals surface area contributed by atoms with Gasteiger partial charge in [0.1, 0.15) is 17.2 Å². The molecule has 0 radical (unpaired) electrons. The van der Waals surface area contributed by atoms with Gasteiger partial charge in [0.05, 0.1) is 14.2 Å². The highest BCUT2D eigenvalue weighted by molar-refractivity contribution is 5.85. The van der Waals surface area contributed by atoms with E-state index in [1.54, 1.807) is 14.2 Å². The summed E-state index contributed by atoms with van der Waals surface area (Å²) < 4.78 is 10.9. The van der Waals surface area contributed by atoms with Gasteiger partial charge in [0.2, 0.25) is 5.91 Å². The molecule has 2 aliphatic rings. The van der Waals surface area contributed by atoms with E-state index < -0.39 is 5.66 Å². The molecule has 1 atom stereocenters. The summed E-state index contributed by atoms with van der Waals surface area (Å²) in [5.41, 5.74) is 3.66. The van der Waals surface area contributed by atoms with Crippen molar-refractivity contribution >= 4 is 17.7 Å². The second-order valence-corrected chi connectivity index (χ2v) is 8.30. The smallest absolute Gasteiger partial charge is 0.223 e. The molecule has 152 valence electrons. The fraction of sp³-hybridized carbons (Fsp3) is 0.375. The maximum atomic E-state index is 12.5. The highest BCUT2D eigenvalue weighted by Gasteiger charge is 2.57. The first-order chi connectivity index (χ1) is 13.8. The number of hydrogen-bond acceptors (Lipinski definition) is 4. The number of fused-ring (bicyclic) bond motifs is 3. The van der Waals surface area contributed by atoms with Crippen molar-refractivity contribution in [3.05, 3.63) is 59.2 Å². The van der Waals surface area contributed by atoms with Gasteiger partial charge in [-0.25, -0.2) is 0 Å². The van der Waals surface area contributed by atoms with E-state index in [9.17, 15) is 4.79 Å². The maximum absolute atomic E-state index is 12.5. The van der Waals surface area contributed by atoms with Crippen molar-refractivity contribution in [3.63, 3.8) is 0 Å². The number of nitrogens with one attached hydrogen (secondary N) is 1. The van der Waals surface area contributed by atoms with E-state index in [1.165, 1.54) is 16.8 Å². The van der Waals surface area contributed by atoms with E-state index in [2.05, 4.69) is 55.3 Å². The largest absolute Gasteiger partial charge is 0.497 e. The minimum Gasteiger partial charge on any atom is -0.497 e. The van der Waals surface area contributed by atoms with Crippen molar-refractivity contribution in [3.8, 4) is 11.5 Å². The van der Waals surface area contributed by atoms with Crippen molar-refractivity contribution in [2.75, 3.05) is 25.7 Å². The second kappa shape index (κ2) is 6.83. The second-order valence-electron chi connectivity index (χ2n) is 8.30. The fourth-order valence-electron chi connectivity index (χ4n) is 4.63. The lowest BCUT2D eigenvalue weighted by Crippen LogP contribution is -2.68. The van der Waals surface area contributed by atoms with Gasteiger partial charge in [-0.15, -0.1) is 0 Å². The zero-order valence-corrected chi connectivity index (χ0v) is 17.7. The predicted octanol–water partition coefficient (Wildman–Crippen LogP) is 4.04. The van der Waals surface area contributed by atoms with Gasteiger partial charge in [0.15, 0.2) is 0 Å². The van der Waals surface area contributed by atoms with Crippen molar-refractivity contribution in [1.29, 1.82) is 0 Å². The van der Waals surface area contributed by atoms with Crippen LogP contribution in [0.2, 0.25) is 0 Å². The van der Waals surface area contributed by atoms with Crippen LogP contribution in [0.15, 0.2) is 42.5 Å². The third kappa shape index (κ3) is 2.87. The van der Waals surface area contributed by atoms with Gasteiger partial charge in [0, 0.05) is 35.7 Å². The number of anilines is 1. The molecule has 0 saturated carbocycles. The van der Waals surface area contributed by atoms with E-state index in [4.69, 9.17) is 9.47 Å². The van der Waals surface area contributed by atoms with E-state index in [-0.39, 0.29) is 11.3 Å². The molecule has 4 rings (SSSR count). The number of rotatable bonds is 4. The number of amides is 1. The van der Waals surface area contributed by atoms with E-state index >= 15 is 0 Å². The lowest BCUT2D eigenvalue weighted by Gasteiger charge is -2.49. The van der Waals surface area contributed by atoms with E-state index in [1.807, 2.05) is 24.3 Å². The molecule has 2 aromatic rings. The van der Waals surface area contributed by atoms with Gasteiger partial charge in [0.25, 0.3) is 0 Å². The number of nitrogens with zero attached hydrogens (tertiary/aromatic N) is 1. The van der Waals surface area contributed by atoms with Crippen LogP contribution in [0.1, 0.15) is 37.0 Å². The number of methoxy groups -OCH3 is 2. The highest BCUT2D eigenvalue weighted by Crippen LogP contribution is 2.52. The van der Waals surface area contributed by atoms with Gasteiger partial charge in [-0.3, -0.25) is 4.79 Å². The summed E-state index contributed by atoms with van der Waals surface area (Å²) in [6.07, 6.45) is 4.64. The molecule has 5 heteroatoms. The predicted molar refractivity (Wildman–Crippen MR) is 116 cm³/mol. The molecule has 2 aliphatic heterocycles. The summed E-state index contributed by atoms with van der Waals surface area (Å²) in [5.74, 6) is 1.55. The third-order valence-corrected chi connectivity index (χ3v) is 6.33. The Hall–Kier alpha value is -2.95. The summed E-state index contributed by atoms with van der Waals surface area (Å²) in [5, 5.41) is 3.31. The Labute approximate surface area is 172 Å². The topological polar surface area (TPSA) is 50.8 Å². The summed E-state index contributed by atoms with van der Waals surface area (Å²) in [6, 6.07) is 12.3. The fourth-order valence-corrected chi connectivity index (χ4v) is 4.63. The molecule has 0 spiro atoms. The van der Waals surface area contributed by atoms with E-state index in [0.29, 0.717) is 13.0 Å². The molecule has 1 saturated heterocycles. The minimum atomic E-state index is -0.636. The zero-order valence-electron chi connectivity index (χ0n) is 17.7. The van der Waals surface area contributed by atoms with Crippen molar-refractivity contribution in [2.45, 2.75) is 38.3 Å². The molecule has 29 heavy (non-hydrogen) atoms. The first kappa shape index (κ1) is 19.4. The third-order valence-electron chi connectivity index (χ3n) is 6.33. The lowest BCUT2D eigenvalue weighted by molar-refractivity contribution is -0.124. The Morgan fingerprint density at radius 3 is 2.62 bits per heavy atom. The minimum absolute atomic E-state index is 0.0743. The maximum Gasteiger partial charge on any atom is 0.223 e. The number of carbonyl (C=O) groups excluding carboxylic acids is 1. The Bertz CT molecular complexity index is 996. The number of ether oxygens (including phenoxy) is 2. The number of benzene rings is 2. The first-order valence-electron chi connectivity index (χ1n) is 9.93. The molecule has 0 aromatic heterocycles. The molecule has 0 bridgehead atoms. The molecule has 1 amide bonds. The van der Waals surface area contributed by atoms with Crippen LogP contribution in [-0.4, -0.2) is 32.3 Å². The molecular formula is C24H28N2O3. The van der Waals surface area contributed by atoms with Gasteiger partial charge >= 0.3 is 0 Å². The molecule has 0 unspecified atom stereocenters. The van der Waals surface area contributed by atoms with Crippen LogP contribution in [0.3, 0.4) is 0 Å². The monoisotopic (exact) mass is 392 g/mol.